The number of carbonyl (C=O) groups excluding carboxylic acids is 1. The topological polar surface area (TPSA) is 35.5 Å². The second-order valence-corrected chi connectivity index (χ2v) is 3.28. The molecule has 0 fully saturated rings. The molecule has 3 nitrogen and oxygen atoms in total. The predicted octanol–water partition coefficient (Wildman–Crippen LogP) is 2.85. The van der Waals surface area contributed by atoms with E-state index in [0.29, 0.717) is 6.42 Å². The van der Waals surface area contributed by atoms with Crippen LogP contribution in [-0.2, 0) is 14.6 Å². The van der Waals surface area contributed by atoms with E-state index < -0.39 is 0 Å². The lowest BCUT2D eigenvalue weighted by molar-refractivity contribution is -0.264. The number of rotatable bonds is 7. The first-order chi connectivity index (χ1) is 7.31. The monoisotopic (exact) mass is 212 g/mol. The average Bonchev–Trinajstić information content (AvgIpc) is 2.23. The van der Waals surface area contributed by atoms with Gasteiger partial charge in [-0.2, -0.15) is 4.89 Å². The molecule has 0 radical (unpaired) electrons. The lowest BCUT2D eigenvalue weighted by Gasteiger charge is -1.99. The van der Waals surface area contributed by atoms with E-state index in [1.165, 1.54) is 0 Å². The molecule has 0 amide bonds. The van der Waals surface area contributed by atoms with Gasteiger partial charge in [-0.25, -0.2) is 4.79 Å². The van der Waals surface area contributed by atoms with Gasteiger partial charge >= 0.3 is 5.97 Å². The van der Waals surface area contributed by atoms with Gasteiger partial charge in [-0.3, -0.25) is 4.89 Å². The molecule has 0 unspecified atom stereocenters. The summed E-state index contributed by atoms with van der Waals surface area (Å²) in [6, 6.07) is 0. The summed E-state index contributed by atoms with van der Waals surface area (Å²) in [4.78, 5) is 20.2. The minimum absolute atomic E-state index is 0.166. The highest BCUT2D eigenvalue weighted by Gasteiger charge is 2.01. The number of carbonyl (C=O) groups is 1. The van der Waals surface area contributed by atoms with Crippen LogP contribution in [0.5, 0.6) is 0 Å². The Hall–Kier alpha value is -1.01. The Morgan fingerprint density at radius 3 is 2.60 bits per heavy atom. The molecule has 0 aliphatic carbocycles. The highest BCUT2D eigenvalue weighted by atomic mass is 17.2. The van der Waals surface area contributed by atoms with Gasteiger partial charge in [-0.05, 0) is 12.8 Å². The maximum atomic E-state index is 11.0. The molecule has 0 spiro atoms. The van der Waals surface area contributed by atoms with Crippen LogP contribution >= 0.6 is 0 Å². The minimum Gasteiger partial charge on any atom is -0.297 e. The summed E-state index contributed by atoms with van der Waals surface area (Å²) in [5.74, 6) is 5.35. The first kappa shape index (κ1) is 14.0. The van der Waals surface area contributed by atoms with E-state index in [1.807, 2.05) is 0 Å². The molecule has 0 saturated carbocycles. The number of hydrogen-bond acceptors (Lipinski definition) is 3. The molecule has 0 aromatic carbocycles. The van der Waals surface area contributed by atoms with Crippen molar-refractivity contribution in [2.24, 2.45) is 0 Å². The number of hydrogen-bond donors (Lipinski definition) is 0. The lowest BCUT2D eigenvalue weighted by atomic mass is 10.2. The molecule has 0 aromatic heterocycles. The van der Waals surface area contributed by atoms with E-state index >= 15 is 0 Å². The van der Waals surface area contributed by atoms with Gasteiger partial charge in [0.15, 0.2) is 6.61 Å². The molecule has 0 rings (SSSR count). The van der Waals surface area contributed by atoms with Crippen molar-refractivity contribution >= 4 is 5.97 Å². The maximum Gasteiger partial charge on any atom is 0.342 e. The third kappa shape index (κ3) is 10.9. The summed E-state index contributed by atoms with van der Waals surface area (Å²) in [5.41, 5.74) is 0. The second kappa shape index (κ2) is 11.1. The van der Waals surface area contributed by atoms with Crippen molar-refractivity contribution in [1.29, 1.82) is 0 Å². The normalized spacial score (nSPS) is 9.20. The Labute approximate surface area is 92.1 Å². The van der Waals surface area contributed by atoms with Crippen LogP contribution < -0.4 is 0 Å². The first-order valence-electron chi connectivity index (χ1n) is 5.59. The van der Waals surface area contributed by atoms with Crippen LogP contribution in [0.4, 0.5) is 0 Å². The zero-order chi connectivity index (χ0) is 11.4. The van der Waals surface area contributed by atoms with Crippen molar-refractivity contribution < 1.29 is 14.6 Å². The summed E-state index contributed by atoms with van der Waals surface area (Å²) in [6.07, 6.45) is 5.32. The van der Waals surface area contributed by atoms with Gasteiger partial charge in [-0.1, -0.05) is 32.6 Å². The minimum atomic E-state index is -0.305. The Morgan fingerprint density at radius 2 is 1.93 bits per heavy atom. The molecule has 15 heavy (non-hydrogen) atoms. The second-order valence-electron chi connectivity index (χ2n) is 3.28. The average molecular weight is 212 g/mol. The third-order valence-corrected chi connectivity index (χ3v) is 1.77. The van der Waals surface area contributed by atoms with Gasteiger partial charge in [-0.15, -0.1) is 5.92 Å². The highest BCUT2D eigenvalue weighted by Crippen LogP contribution is 2.00. The summed E-state index contributed by atoms with van der Waals surface area (Å²) in [6.45, 7) is 4.31. The predicted molar refractivity (Wildman–Crippen MR) is 58.9 cm³/mol. The maximum absolute atomic E-state index is 11.0. The lowest BCUT2D eigenvalue weighted by Crippen LogP contribution is -2.05. The van der Waals surface area contributed by atoms with E-state index in [1.54, 1.807) is 0 Å². The molecule has 0 bridgehead atoms. The third-order valence-electron chi connectivity index (χ3n) is 1.77. The fourth-order valence-electron chi connectivity index (χ4n) is 0.950. The van der Waals surface area contributed by atoms with E-state index in [-0.39, 0.29) is 12.6 Å². The van der Waals surface area contributed by atoms with Crippen molar-refractivity contribution in [1.82, 2.24) is 0 Å². The zero-order valence-corrected chi connectivity index (χ0v) is 9.67. The molecule has 0 atom stereocenters. The van der Waals surface area contributed by atoms with Gasteiger partial charge in [0, 0.05) is 12.8 Å². The fraction of sp³-hybridized carbons (Fsp3) is 0.750. The molecule has 0 aliphatic heterocycles. The van der Waals surface area contributed by atoms with Crippen LogP contribution in [0, 0.1) is 11.8 Å². The van der Waals surface area contributed by atoms with Crippen molar-refractivity contribution in [2.75, 3.05) is 6.61 Å². The molecular weight excluding hydrogens is 192 g/mol. The molecule has 0 heterocycles. The summed E-state index contributed by atoms with van der Waals surface area (Å²) < 4.78 is 0. The quantitative estimate of drug-likeness (QED) is 0.282. The van der Waals surface area contributed by atoms with E-state index in [9.17, 15) is 4.79 Å². The summed E-state index contributed by atoms with van der Waals surface area (Å²) >= 11 is 0. The Morgan fingerprint density at radius 1 is 1.13 bits per heavy atom. The molecule has 0 N–H and O–H groups in total. The zero-order valence-electron chi connectivity index (χ0n) is 9.67. The largest absolute Gasteiger partial charge is 0.342 e. The van der Waals surface area contributed by atoms with Gasteiger partial charge < -0.3 is 0 Å². The Kier molecular flexibility index (Phi) is 10.3. The van der Waals surface area contributed by atoms with Crippen molar-refractivity contribution in [3.8, 4) is 11.8 Å². The summed E-state index contributed by atoms with van der Waals surface area (Å²) in [5, 5.41) is 0. The van der Waals surface area contributed by atoms with Gasteiger partial charge in [0.2, 0.25) is 0 Å². The molecule has 3 heteroatoms. The van der Waals surface area contributed by atoms with Crippen LogP contribution in [0.15, 0.2) is 0 Å². The SMILES string of the molecule is CCCC#CCOOC(=O)CCCCC. The van der Waals surface area contributed by atoms with Crippen LogP contribution in [0.25, 0.3) is 0 Å². The molecule has 0 saturated heterocycles. The van der Waals surface area contributed by atoms with Crippen molar-refractivity contribution in [3.05, 3.63) is 0 Å². The van der Waals surface area contributed by atoms with E-state index in [0.717, 1.165) is 32.1 Å². The highest BCUT2D eigenvalue weighted by molar-refractivity contribution is 5.68. The van der Waals surface area contributed by atoms with Crippen LogP contribution in [0.1, 0.15) is 52.4 Å². The van der Waals surface area contributed by atoms with Crippen molar-refractivity contribution in [2.45, 2.75) is 52.4 Å². The Bertz CT molecular complexity index is 213. The summed E-state index contributed by atoms with van der Waals surface area (Å²) in [7, 11) is 0. The van der Waals surface area contributed by atoms with Crippen LogP contribution in [0.3, 0.4) is 0 Å². The van der Waals surface area contributed by atoms with Crippen LogP contribution in [0.2, 0.25) is 0 Å². The number of unbranched alkanes of at least 4 members (excludes halogenated alkanes) is 3. The van der Waals surface area contributed by atoms with E-state index in [4.69, 9.17) is 0 Å². The van der Waals surface area contributed by atoms with Crippen LogP contribution in [-0.4, -0.2) is 12.6 Å². The van der Waals surface area contributed by atoms with Gasteiger partial charge in [0.25, 0.3) is 0 Å². The molecule has 0 aromatic rings. The fourth-order valence-corrected chi connectivity index (χ4v) is 0.950. The molecule has 86 valence electrons. The molecular formula is C12H20O3. The van der Waals surface area contributed by atoms with Crippen molar-refractivity contribution in [3.63, 3.8) is 0 Å². The Balaban J connectivity index is 3.28. The van der Waals surface area contributed by atoms with Gasteiger partial charge in [0.05, 0.1) is 0 Å². The van der Waals surface area contributed by atoms with Gasteiger partial charge in [0.1, 0.15) is 0 Å². The smallest absolute Gasteiger partial charge is 0.297 e. The molecule has 0 aliphatic rings. The first-order valence-corrected chi connectivity index (χ1v) is 5.59. The standard InChI is InChI=1S/C12H20O3/c1-3-5-7-9-11-14-15-12(13)10-8-6-4-2/h3-6,8,10-11H2,1-2H3. The van der Waals surface area contributed by atoms with E-state index in [2.05, 4.69) is 35.5 Å².